The third-order valence-electron chi connectivity index (χ3n) is 2.27. The molecule has 1 atom stereocenters. The van der Waals surface area contributed by atoms with Gasteiger partial charge in [-0.05, 0) is 24.3 Å². The minimum Gasteiger partial charge on any atom is -0.398 e. The summed E-state index contributed by atoms with van der Waals surface area (Å²) in [6, 6.07) is 5.64. The van der Waals surface area contributed by atoms with Gasteiger partial charge in [0.15, 0.2) is 0 Å². The zero-order valence-corrected chi connectivity index (χ0v) is 10.1. The predicted octanol–water partition coefficient (Wildman–Crippen LogP) is 1.45. The Morgan fingerprint density at radius 2 is 2.24 bits per heavy atom. The van der Waals surface area contributed by atoms with Crippen molar-refractivity contribution in [3.63, 3.8) is 0 Å². The van der Waals surface area contributed by atoms with Crippen LogP contribution in [-0.4, -0.2) is 14.0 Å². The van der Waals surface area contributed by atoms with Crippen LogP contribution in [0.2, 0.25) is 0 Å². The van der Waals surface area contributed by atoms with E-state index in [2.05, 4.69) is 5.10 Å². The third kappa shape index (κ3) is 2.71. The number of hydrogen-bond acceptors (Lipinski definition) is 3. The molecule has 2 rings (SSSR count). The molecule has 0 radical (unpaired) electrons. The van der Waals surface area contributed by atoms with E-state index in [0.29, 0.717) is 16.3 Å². The van der Waals surface area contributed by atoms with Gasteiger partial charge in [-0.2, -0.15) is 5.10 Å². The second-order valence-corrected chi connectivity index (χ2v) is 5.07. The fourth-order valence-corrected chi connectivity index (χ4v) is 2.61. The lowest BCUT2D eigenvalue weighted by molar-refractivity contribution is 0.623. The Morgan fingerprint density at radius 1 is 1.47 bits per heavy atom. The van der Waals surface area contributed by atoms with Crippen molar-refractivity contribution in [2.24, 2.45) is 7.05 Å². The molecule has 1 unspecified atom stereocenters. The molecule has 1 aromatic carbocycles. The minimum atomic E-state index is -1.38. The standard InChI is InChI=1S/C11H12FN3OS/c1-15-5-4-9(14-15)7-17(16)11-6-8(12)2-3-10(11)13/h2-6H,7,13H2,1H3. The highest BCUT2D eigenvalue weighted by Crippen LogP contribution is 2.19. The van der Waals surface area contributed by atoms with Gasteiger partial charge in [-0.1, -0.05) is 0 Å². The molecule has 2 N–H and O–H groups in total. The molecule has 0 saturated carbocycles. The first kappa shape index (κ1) is 11.8. The molecule has 0 aliphatic carbocycles. The number of hydrogen-bond donors (Lipinski definition) is 1. The number of aryl methyl sites for hydroxylation is 1. The maximum absolute atomic E-state index is 13.0. The molecule has 1 heterocycles. The van der Waals surface area contributed by atoms with Crippen molar-refractivity contribution in [3.8, 4) is 0 Å². The fraction of sp³-hybridized carbons (Fsp3) is 0.182. The van der Waals surface area contributed by atoms with E-state index in [1.807, 2.05) is 0 Å². The van der Waals surface area contributed by atoms with Crippen LogP contribution in [0, 0.1) is 5.82 Å². The van der Waals surface area contributed by atoms with E-state index in [1.165, 1.54) is 18.2 Å². The first-order valence-corrected chi connectivity index (χ1v) is 6.30. The molecule has 2 aromatic rings. The maximum atomic E-state index is 13.0. The molecule has 0 aliphatic heterocycles. The van der Waals surface area contributed by atoms with Crippen molar-refractivity contribution in [1.29, 1.82) is 0 Å². The topological polar surface area (TPSA) is 60.9 Å². The Bertz CT molecular complexity index is 568. The van der Waals surface area contributed by atoms with Crippen molar-refractivity contribution in [2.75, 3.05) is 5.73 Å². The molecule has 4 nitrogen and oxygen atoms in total. The minimum absolute atomic E-state index is 0.231. The molecule has 17 heavy (non-hydrogen) atoms. The van der Waals surface area contributed by atoms with Crippen LogP contribution in [0.5, 0.6) is 0 Å². The highest BCUT2D eigenvalue weighted by molar-refractivity contribution is 7.84. The number of nitrogens with two attached hydrogens (primary N) is 1. The normalized spacial score (nSPS) is 12.6. The SMILES string of the molecule is Cn1ccc(CS(=O)c2cc(F)ccc2N)n1. The summed E-state index contributed by atoms with van der Waals surface area (Å²) in [6.07, 6.45) is 1.77. The van der Waals surface area contributed by atoms with Crippen LogP contribution in [0.15, 0.2) is 35.4 Å². The molecule has 90 valence electrons. The van der Waals surface area contributed by atoms with E-state index >= 15 is 0 Å². The second-order valence-electron chi connectivity index (χ2n) is 3.65. The van der Waals surface area contributed by atoms with Crippen molar-refractivity contribution in [3.05, 3.63) is 42.0 Å². The Kier molecular flexibility index (Phi) is 3.23. The molecule has 6 heteroatoms. The van der Waals surface area contributed by atoms with Gasteiger partial charge in [0.1, 0.15) is 5.82 Å². The van der Waals surface area contributed by atoms with Gasteiger partial charge in [-0.15, -0.1) is 0 Å². The van der Waals surface area contributed by atoms with Gasteiger partial charge in [0.05, 0.1) is 27.1 Å². The van der Waals surface area contributed by atoms with Gasteiger partial charge in [-0.3, -0.25) is 8.89 Å². The van der Waals surface area contributed by atoms with Crippen LogP contribution in [0.25, 0.3) is 0 Å². The summed E-state index contributed by atoms with van der Waals surface area (Å²) >= 11 is 0. The van der Waals surface area contributed by atoms with E-state index in [0.717, 1.165) is 0 Å². The lowest BCUT2D eigenvalue weighted by Crippen LogP contribution is -2.02. The van der Waals surface area contributed by atoms with E-state index in [-0.39, 0.29) is 5.75 Å². The summed E-state index contributed by atoms with van der Waals surface area (Å²) in [4.78, 5) is 0.315. The maximum Gasteiger partial charge on any atom is 0.124 e. The quantitative estimate of drug-likeness (QED) is 0.842. The van der Waals surface area contributed by atoms with Gasteiger partial charge < -0.3 is 5.73 Å². The average molecular weight is 253 g/mol. The number of nitrogens with zero attached hydrogens (tertiary/aromatic N) is 2. The van der Waals surface area contributed by atoms with Crippen LogP contribution in [0.1, 0.15) is 5.69 Å². The van der Waals surface area contributed by atoms with E-state index in [1.54, 1.807) is 24.0 Å². The number of rotatable bonds is 3. The van der Waals surface area contributed by atoms with Gasteiger partial charge in [0, 0.05) is 18.9 Å². The summed E-state index contributed by atoms with van der Waals surface area (Å²) in [5, 5.41) is 4.12. The van der Waals surface area contributed by atoms with Crippen molar-refractivity contribution in [1.82, 2.24) is 9.78 Å². The third-order valence-corrected chi connectivity index (χ3v) is 3.67. The molecule has 0 saturated heterocycles. The highest BCUT2D eigenvalue weighted by Gasteiger charge is 2.11. The van der Waals surface area contributed by atoms with E-state index in [4.69, 9.17) is 5.73 Å². The van der Waals surface area contributed by atoms with Crippen LogP contribution < -0.4 is 5.73 Å². The van der Waals surface area contributed by atoms with Crippen molar-refractivity contribution < 1.29 is 8.60 Å². The zero-order valence-electron chi connectivity index (χ0n) is 9.26. The largest absolute Gasteiger partial charge is 0.398 e. The highest BCUT2D eigenvalue weighted by atomic mass is 32.2. The monoisotopic (exact) mass is 253 g/mol. The van der Waals surface area contributed by atoms with Gasteiger partial charge in [0.25, 0.3) is 0 Å². The number of aromatic nitrogens is 2. The van der Waals surface area contributed by atoms with Gasteiger partial charge in [0.2, 0.25) is 0 Å². The number of nitrogen functional groups attached to an aromatic ring is 1. The summed E-state index contributed by atoms with van der Waals surface area (Å²) in [7, 11) is 0.397. The van der Waals surface area contributed by atoms with Crippen molar-refractivity contribution in [2.45, 2.75) is 10.6 Å². The van der Waals surface area contributed by atoms with Crippen LogP contribution >= 0.6 is 0 Å². The Labute approximate surface area is 101 Å². The number of anilines is 1. The summed E-state index contributed by atoms with van der Waals surface area (Å²) < 4.78 is 26.7. The molecular formula is C11H12FN3OS. The number of benzene rings is 1. The summed E-state index contributed by atoms with van der Waals surface area (Å²) in [5.74, 6) is -0.210. The van der Waals surface area contributed by atoms with Crippen LogP contribution in [0.3, 0.4) is 0 Å². The molecule has 0 spiro atoms. The molecule has 0 fully saturated rings. The molecule has 1 aromatic heterocycles. The summed E-state index contributed by atoms with van der Waals surface area (Å²) in [5.41, 5.74) is 6.69. The van der Waals surface area contributed by atoms with Crippen LogP contribution in [0.4, 0.5) is 10.1 Å². The van der Waals surface area contributed by atoms with Crippen LogP contribution in [-0.2, 0) is 23.6 Å². The van der Waals surface area contributed by atoms with Gasteiger partial charge >= 0.3 is 0 Å². The first-order chi connectivity index (χ1) is 8.06. The van der Waals surface area contributed by atoms with E-state index in [9.17, 15) is 8.60 Å². The zero-order chi connectivity index (χ0) is 12.4. The second kappa shape index (κ2) is 4.67. The Morgan fingerprint density at radius 3 is 2.88 bits per heavy atom. The Hall–Kier alpha value is -1.69. The number of halogens is 1. The predicted molar refractivity (Wildman–Crippen MR) is 64.1 cm³/mol. The fourth-order valence-electron chi connectivity index (χ4n) is 1.46. The van der Waals surface area contributed by atoms with E-state index < -0.39 is 16.6 Å². The average Bonchev–Trinajstić information content (AvgIpc) is 2.67. The molecular weight excluding hydrogens is 241 g/mol. The molecule has 0 amide bonds. The first-order valence-electron chi connectivity index (χ1n) is 4.98. The Balaban J connectivity index is 2.22. The lowest BCUT2D eigenvalue weighted by atomic mass is 10.3. The van der Waals surface area contributed by atoms with Crippen molar-refractivity contribution >= 4 is 16.5 Å². The van der Waals surface area contributed by atoms with Gasteiger partial charge in [-0.25, -0.2) is 4.39 Å². The molecule has 0 aliphatic rings. The smallest absolute Gasteiger partial charge is 0.124 e. The summed E-state index contributed by atoms with van der Waals surface area (Å²) in [6.45, 7) is 0. The lowest BCUT2D eigenvalue weighted by Gasteiger charge is -2.04. The molecule has 0 bridgehead atoms.